The molecular weight excluding hydrogens is 230 g/mol. The molecule has 1 aromatic rings. The summed E-state index contributed by atoms with van der Waals surface area (Å²) in [4.78, 5) is 26.8. The van der Waals surface area contributed by atoms with E-state index in [4.69, 9.17) is 12.8 Å². The fourth-order valence-corrected chi connectivity index (χ4v) is 1.12. The quantitative estimate of drug-likeness (QED) is 0.718. The van der Waals surface area contributed by atoms with Crippen molar-refractivity contribution in [2.24, 2.45) is 0 Å². The van der Waals surface area contributed by atoms with Crippen LogP contribution in [0.4, 0.5) is 0 Å². The summed E-state index contributed by atoms with van der Waals surface area (Å²) >= 11 is 0. The van der Waals surface area contributed by atoms with E-state index >= 15 is 0 Å². The highest BCUT2D eigenvalue weighted by Gasteiger charge is 2.08. The predicted octanol–water partition coefficient (Wildman–Crippen LogP) is -0.192. The van der Waals surface area contributed by atoms with E-state index in [1.807, 2.05) is 0 Å². The molecule has 2 N–H and O–H groups in total. The van der Waals surface area contributed by atoms with Crippen LogP contribution in [-0.2, 0) is 0 Å². The van der Waals surface area contributed by atoms with Gasteiger partial charge in [-0.3, -0.25) is 14.6 Å². The van der Waals surface area contributed by atoms with Gasteiger partial charge in [0.2, 0.25) is 0 Å². The van der Waals surface area contributed by atoms with Crippen molar-refractivity contribution in [1.29, 1.82) is 0 Å². The maximum absolute atomic E-state index is 11.5. The molecule has 1 aromatic heterocycles. The molecule has 0 fully saturated rings. The third-order valence-electron chi connectivity index (χ3n) is 1.96. The first-order valence-corrected chi connectivity index (χ1v) is 5.08. The van der Waals surface area contributed by atoms with Crippen molar-refractivity contribution in [3.63, 3.8) is 0 Å². The fraction of sp³-hybridized carbons (Fsp3) is 0.154. The van der Waals surface area contributed by atoms with E-state index < -0.39 is 0 Å². The Bertz CT molecular complexity index is 472. The number of terminal acetylenes is 2. The summed E-state index contributed by atoms with van der Waals surface area (Å²) in [6.45, 7) is 0.272. The zero-order chi connectivity index (χ0) is 13.4. The first-order chi connectivity index (χ1) is 8.69. The normalized spacial score (nSPS) is 8.78. The van der Waals surface area contributed by atoms with Crippen LogP contribution < -0.4 is 10.6 Å². The maximum Gasteiger partial charge on any atom is 0.270 e. The number of carbonyl (C=O) groups is 2. The van der Waals surface area contributed by atoms with Crippen molar-refractivity contribution in [3.05, 3.63) is 29.6 Å². The van der Waals surface area contributed by atoms with Crippen molar-refractivity contribution in [2.45, 2.75) is 0 Å². The van der Waals surface area contributed by atoms with E-state index in [-0.39, 0.29) is 30.6 Å². The largest absolute Gasteiger partial charge is 0.341 e. The van der Waals surface area contributed by atoms with Gasteiger partial charge in [0.25, 0.3) is 11.8 Å². The minimum atomic E-state index is -0.386. The number of rotatable bonds is 4. The summed E-state index contributed by atoms with van der Waals surface area (Å²) in [5, 5.41) is 4.96. The lowest BCUT2D eigenvalue weighted by Crippen LogP contribution is -2.26. The molecule has 5 heteroatoms. The molecule has 0 saturated carbocycles. The molecule has 0 spiro atoms. The van der Waals surface area contributed by atoms with Crippen molar-refractivity contribution in [3.8, 4) is 24.7 Å². The van der Waals surface area contributed by atoms with Gasteiger partial charge in [0.1, 0.15) is 5.69 Å². The summed E-state index contributed by atoms with van der Waals surface area (Å²) in [7, 11) is 0. The van der Waals surface area contributed by atoms with Gasteiger partial charge in [0.15, 0.2) is 0 Å². The molecule has 1 rings (SSSR count). The van der Waals surface area contributed by atoms with Crippen LogP contribution in [0, 0.1) is 24.7 Å². The molecule has 0 aliphatic rings. The molecule has 0 aliphatic heterocycles. The SMILES string of the molecule is C#CCNC(=O)c1ccc(C(=O)NCC#C)nc1. The molecule has 0 unspecified atom stereocenters. The van der Waals surface area contributed by atoms with Crippen molar-refractivity contribution in [2.75, 3.05) is 13.1 Å². The van der Waals surface area contributed by atoms with Gasteiger partial charge in [-0.1, -0.05) is 11.8 Å². The Morgan fingerprint density at radius 2 is 1.72 bits per heavy atom. The number of amides is 2. The molecular formula is C13H11N3O2. The molecule has 0 atom stereocenters. The molecule has 0 saturated heterocycles. The Labute approximate surface area is 105 Å². The Morgan fingerprint density at radius 1 is 1.11 bits per heavy atom. The molecule has 0 radical (unpaired) electrons. The van der Waals surface area contributed by atoms with Gasteiger partial charge in [-0.15, -0.1) is 12.8 Å². The highest BCUT2D eigenvalue weighted by molar-refractivity contribution is 5.96. The van der Waals surface area contributed by atoms with Crippen LogP contribution in [-0.4, -0.2) is 29.9 Å². The summed E-state index contributed by atoms with van der Waals surface area (Å²) in [5.41, 5.74) is 0.525. The highest BCUT2D eigenvalue weighted by atomic mass is 16.2. The van der Waals surface area contributed by atoms with E-state index in [0.29, 0.717) is 5.56 Å². The lowest BCUT2D eigenvalue weighted by atomic mass is 10.2. The average molecular weight is 241 g/mol. The van der Waals surface area contributed by atoms with Gasteiger partial charge < -0.3 is 10.6 Å². The number of hydrogen-bond acceptors (Lipinski definition) is 3. The first-order valence-electron chi connectivity index (χ1n) is 5.08. The predicted molar refractivity (Wildman–Crippen MR) is 66.6 cm³/mol. The standard InChI is InChI=1S/C13H11N3O2/c1-3-7-14-12(17)10-5-6-11(16-9-10)13(18)15-8-4-2/h1-2,5-6,9H,7-8H2,(H,14,17)(H,15,18). The van der Waals surface area contributed by atoms with Crippen LogP contribution in [0.2, 0.25) is 0 Å². The van der Waals surface area contributed by atoms with Gasteiger partial charge in [0.05, 0.1) is 18.7 Å². The highest BCUT2D eigenvalue weighted by Crippen LogP contribution is 2.00. The van der Waals surface area contributed by atoms with Crippen molar-refractivity contribution in [1.82, 2.24) is 15.6 Å². The van der Waals surface area contributed by atoms with E-state index in [1.165, 1.54) is 18.3 Å². The molecule has 1 heterocycles. The van der Waals surface area contributed by atoms with Crippen LogP contribution in [0.1, 0.15) is 20.8 Å². The van der Waals surface area contributed by atoms with E-state index in [2.05, 4.69) is 27.5 Å². The number of aromatic nitrogens is 1. The van der Waals surface area contributed by atoms with E-state index in [9.17, 15) is 9.59 Å². The lowest BCUT2D eigenvalue weighted by Gasteiger charge is -2.03. The first kappa shape index (κ1) is 13.3. The van der Waals surface area contributed by atoms with Crippen LogP contribution in [0.15, 0.2) is 18.3 Å². The third-order valence-corrected chi connectivity index (χ3v) is 1.96. The topological polar surface area (TPSA) is 71.1 Å². The second-order valence-electron chi connectivity index (χ2n) is 3.21. The molecule has 2 amide bonds. The summed E-state index contributed by atoms with van der Waals surface area (Å²) in [6, 6.07) is 2.93. The number of nitrogens with one attached hydrogen (secondary N) is 2. The van der Waals surface area contributed by atoms with Crippen molar-refractivity contribution < 1.29 is 9.59 Å². The number of hydrogen-bond donors (Lipinski definition) is 2. The number of nitrogens with zero attached hydrogens (tertiary/aromatic N) is 1. The number of pyridine rings is 1. The minimum absolute atomic E-state index is 0.130. The zero-order valence-electron chi connectivity index (χ0n) is 9.56. The summed E-state index contributed by atoms with van der Waals surface area (Å²) in [5.74, 6) is 3.84. The van der Waals surface area contributed by atoms with Crippen LogP contribution >= 0.6 is 0 Å². The molecule has 0 bridgehead atoms. The van der Waals surface area contributed by atoms with E-state index in [1.54, 1.807) is 0 Å². The van der Waals surface area contributed by atoms with Gasteiger partial charge in [-0.25, -0.2) is 0 Å². The smallest absolute Gasteiger partial charge is 0.270 e. The molecule has 5 nitrogen and oxygen atoms in total. The molecule has 90 valence electrons. The van der Waals surface area contributed by atoms with Crippen LogP contribution in [0.3, 0.4) is 0 Å². The number of carbonyl (C=O) groups excluding carboxylic acids is 2. The van der Waals surface area contributed by atoms with Crippen molar-refractivity contribution >= 4 is 11.8 Å². The Balaban J connectivity index is 2.69. The molecule has 0 aliphatic carbocycles. The van der Waals surface area contributed by atoms with Gasteiger partial charge in [-0.05, 0) is 12.1 Å². The van der Waals surface area contributed by atoms with E-state index in [0.717, 1.165) is 0 Å². The molecule has 0 aromatic carbocycles. The second kappa shape index (κ2) is 6.72. The Kier molecular flexibility index (Phi) is 4.96. The Hall–Kier alpha value is -2.79. The monoisotopic (exact) mass is 241 g/mol. The van der Waals surface area contributed by atoms with Crippen LogP contribution in [0.5, 0.6) is 0 Å². The zero-order valence-corrected chi connectivity index (χ0v) is 9.56. The van der Waals surface area contributed by atoms with Gasteiger partial charge in [0, 0.05) is 6.20 Å². The van der Waals surface area contributed by atoms with Gasteiger partial charge >= 0.3 is 0 Å². The Morgan fingerprint density at radius 3 is 2.22 bits per heavy atom. The maximum atomic E-state index is 11.5. The summed E-state index contributed by atoms with van der Waals surface area (Å²) in [6.07, 6.45) is 11.3. The van der Waals surface area contributed by atoms with Crippen LogP contribution in [0.25, 0.3) is 0 Å². The third kappa shape index (κ3) is 3.66. The minimum Gasteiger partial charge on any atom is -0.341 e. The fourth-order valence-electron chi connectivity index (χ4n) is 1.12. The lowest BCUT2D eigenvalue weighted by molar-refractivity contribution is 0.0942. The summed E-state index contributed by atoms with van der Waals surface area (Å²) < 4.78 is 0. The van der Waals surface area contributed by atoms with Gasteiger partial charge in [-0.2, -0.15) is 0 Å². The molecule has 18 heavy (non-hydrogen) atoms. The second-order valence-corrected chi connectivity index (χ2v) is 3.21. The average Bonchev–Trinajstić information content (AvgIpc) is 2.42.